The van der Waals surface area contributed by atoms with E-state index >= 15 is 0 Å². The van der Waals surface area contributed by atoms with Crippen LogP contribution in [0, 0.1) is 5.92 Å². The van der Waals surface area contributed by atoms with Crippen LogP contribution in [0.25, 0.3) is 0 Å². The van der Waals surface area contributed by atoms with Gasteiger partial charge < -0.3 is 4.90 Å². The Morgan fingerprint density at radius 2 is 1.55 bits per heavy atom. The van der Waals surface area contributed by atoms with Crippen molar-refractivity contribution in [2.24, 2.45) is 5.92 Å². The standard InChI is InChI=1S/C17H20N2O3/c1-12-8-10-18(11-9-12)17(22)13-2-4-14(5-3-13)19-15(20)6-7-16(19)21/h2-5,12H,6-11H2,1H3. The first kappa shape index (κ1) is 14.8. The Bertz CT molecular complexity index is 585. The average Bonchev–Trinajstić information content (AvgIpc) is 2.86. The third kappa shape index (κ3) is 2.75. The van der Waals surface area contributed by atoms with Crippen molar-refractivity contribution in [3.8, 4) is 0 Å². The van der Waals surface area contributed by atoms with Crippen molar-refractivity contribution in [3.63, 3.8) is 0 Å². The molecule has 2 aliphatic heterocycles. The molecule has 1 aromatic rings. The van der Waals surface area contributed by atoms with E-state index in [2.05, 4.69) is 6.92 Å². The van der Waals surface area contributed by atoms with Gasteiger partial charge in [0.05, 0.1) is 5.69 Å². The molecule has 0 saturated carbocycles. The fraction of sp³-hybridized carbons (Fsp3) is 0.471. The van der Waals surface area contributed by atoms with Crippen molar-refractivity contribution in [3.05, 3.63) is 29.8 Å². The van der Waals surface area contributed by atoms with Gasteiger partial charge in [0.2, 0.25) is 11.8 Å². The largest absolute Gasteiger partial charge is 0.339 e. The molecular weight excluding hydrogens is 280 g/mol. The molecule has 2 aliphatic rings. The van der Waals surface area contributed by atoms with E-state index in [9.17, 15) is 14.4 Å². The number of imide groups is 1. The average molecular weight is 300 g/mol. The van der Waals surface area contributed by atoms with Crippen LogP contribution in [0.1, 0.15) is 43.0 Å². The van der Waals surface area contributed by atoms with Crippen LogP contribution in [0.3, 0.4) is 0 Å². The minimum absolute atomic E-state index is 0.0255. The van der Waals surface area contributed by atoms with Gasteiger partial charge in [0.25, 0.3) is 5.91 Å². The lowest BCUT2D eigenvalue weighted by Gasteiger charge is -2.30. The first-order chi connectivity index (χ1) is 10.6. The van der Waals surface area contributed by atoms with Crippen molar-refractivity contribution in [1.82, 2.24) is 4.90 Å². The van der Waals surface area contributed by atoms with Crippen LogP contribution in [0.15, 0.2) is 24.3 Å². The number of hydrogen-bond donors (Lipinski definition) is 0. The van der Waals surface area contributed by atoms with Crippen LogP contribution < -0.4 is 4.90 Å². The van der Waals surface area contributed by atoms with E-state index in [1.54, 1.807) is 24.3 Å². The van der Waals surface area contributed by atoms with Gasteiger partial charge in [-0.2, -0.15) is 0 Å². The molecule has 5 heteroatoms. The lowest BCUT2D eigenvalue weighted by atomic mass is 9.98. The number of hydrogen-bond acceptors (Lipinski definition) is 3. The predicted octanol–water partition coefficient (Wildman–Crippen LogP) is 2.21. The summed E-state index contributed by atoms with van der Waals surface area (Å²) in [6.07, 6.45) is 2.62. The zero-order chi connectivity index (χ0) is 15.7. The first-order valence-electron chi connectivity index (χ1n) is 7.81. The molecule has 22 heavy (non-hydrogen) atoms. The third-order valence-corrected chi connectivity index (χ3v) is 4.49. The van der Waals surface area contributed by atoms with Crippen LogP contribution in [0.5, 0.6) is 0 Å². The second-order valence-corrected chi connectivity index (χ2v) is 6.14. The summed E-state index contributed by atoms with van der Waals surface area (Å²) in [5, 5.41) is 0. The van der Waals surface area contributed by atoms with E-state index in [4.69, 9.17) is 0 Å². The SMILES string of the molecule is CC1CCN(C(=O)c2ccc(N3C(=O)CCC3=O)cc2)CC1. The van der Waals surface area contributed by atoms with E-state index in [-0.39, 0.29) is 30.6 Å². The Morgan fingerprint density at radius 1 is 1.00 bits per heavy atom. The molecule has 2 heterocycles. The monoisotopic (exact) mass is 300 g/mol. The highest BCUT2D eigenvalue weighted by Crippen LogP contribution is 2.24. The van der Waals surface area contributed by atoms with Crippen LogP contribution in [-0.4, -0.2) is 35.7 Å². The molecule has 0 aromatic heterocycles. The topological polar surface area (TPSA) is 57.7 Å². The molecule has 5 nitrogen and oxygen atoms in total. The fourth-order valence-electron chi connectivity index (χ4n) is 3.01. The van der Waals surface area contributed by atoms with E-state index < -0.39 is 0 Å². The molecule has 0 unspecified atom stereocenters. The van der Waals surface area contributed by atoms with Gasteiger partial charge in [-0.05, 0) is 43.0 Å². The lowest BCUT2D eigenvalue weighted by molar-refractivity contribution is -0.121. The number of rotatable bonds is 2. The summed E-state index contributed by atoms with van der Waals surface area (Å²) in [6, 6.07) is 6.77. The van der Waals surface area contributed by atoms with E-state index in [0.29, 0.717) is 17.2 Å². The van der Waals surface area contributed by atoms with Crippen LogP contribution in [0.2, 0.25) is 0 Å². The number of amides is 3. The maximum atomic E-state index is 12.4. The number of likely N-dealkylation sites (tertiary alicyclic amines) is 1. The van der Waals surface area contributed by atoms with Gasteiger partial charge in [0.15, 0.2) is 0 Å². The minimum atomic E-state index is -0.172. The summed E-state index contributed by atoms with van der Waals surface area (Å²) >= 11 is 0. The van der Waals surface area contributed by atoms with Gasteiger partial charge in [0, 0.05) is 31.5 Å². The van der Waals surface area contributed by atoms with Gasteiger partial charge in [-0.15, -0.1) is 0 Å². The molecule has 1 aromatic carbocycles. The minimum Gasteiger partial charge on any atom is -0.339 e. The van der Waals surface area contributed by atoms with E-state index in [1.165, 1.54) is 4.90 Å². The summed E-state index contributed by atoms with van der Waals surface area (Å²) < 4.78 is 0. The quantitative estimate of drug-likeness (QED) is 0.787. The second-order valence-electron chi connectivity index (χ2n) is 6.14. The molecule has 2 saturated heterocycles. The molecule has 0 atom stereocenters. The van der Waals surface area contributed by atoms with Gasteiger partial charge in [-0.1, -0.05) is 6.92 Å². The highest BCUT2D eigenvalue weighted by molar-refractivity contribution is 6.19. The molecule has 3 rings (SSSR count). The smallest absolute Gasteiger partial charge is 0.253 e. The van der Waals surface area contributed by atoms with Crippen molar-refractivity contribution >= 4 is 23.4 Å². The molecule has 0 aliphatic carbocycles. The van der Waals surface area contributed by atoms with Crippen molar-refractivity contribution in [1.29, 1.82) is 0 Å². The molecule has 0 bridgehead atoms. The maximum absolute atomic E-state index is 12.4. The second kappa shape index (κ2) is 5.91. The highest BCUT2D eigenvalue weighted by Gasteiger charge is 2.30. The Balaban J connectivity index is 1.72. The summed E-state index contributed by atoms with van der Waals surface area (Å²) in [4.78, 5) is 39.0. The zero-order valence-corrected chi connectivity index (χ0v) is 12.7. The summed E-state index contributed by atoms with van der Waals surface area (Å²) in [5.74, 6) is 0.360. The van der Waals surface area contributed by atoms with Crippen molar-refractivity contribution in [2.45, 2.75) is 32.6 Å². The molecule has 0 spiro atoms. The molecule has 3 amide bonds. The summed E-state index contributed by atoms with van der Waals surface area (Å²) in [6.45, 7) is 3.80. The fourth-order valence-corrected chi connectivity index (χ4v) is 3.01. The molecule has 116 valence electrons. The summed E-state index contributed by atoms with van der Waals surface area (Å²) in [5.41, 5.74) is 1.16. The predicted molar refractivity (Wildman–Crippen MR) is 82.5 cm³/mol. The van der Waals surface area contributed by atoms with Crippen molar-refractivity contribution in [2.75, 3.05) is 18.0 Å². The van der Waals surface area contributed by atoms with Crippen LogP contribution >= 0.6 is 0 Å². The third-order valence-electron chi connectivity index (χ3n) is 4.49. The number of nitrogens with zero attached hydrogens (tertiary/aromatic N) is 2. The number of carbonyl (C=O) groups excluding carboxylic acids is 3. The Morgan fingerprint density at radius 3 is 2.09 bits per heavy atom. The Labute approximate surface area is 129 Å². The van der Waals surface area contributed by atoms with E-state index in [1.807, 2.05) is 4.90 Å². The lowest BCUT2D eigenvalue weighted by Crippen LogP contribution is -2.37. The zero-order valence-electron chi connectivity index (χ0n) is 12.7. The maximum Gasteiger partial charge on any atom is 0.253 e. The molecule has 0 N–H and O–H groups in total. The first-order valence-corrected chi connectivity index (χ1v) is 7.81. The van der Waals surface area contributed by atoms with Gasteiger partial charge in [-0.25, -0.2) is 0 Å². The number of carbonyl (C=O) groups is 3. The number of benzene rings is 1. The number of anilines is 1. The molecule has 2 fully saturated rings. The van der Waals surface area contributed by atoms with Gasteiger partial charge >= 0.3 is 0 Å². The summed E-state index contributed by atoms with van der Waals surface area (Å²) in [7, 11) is 0. The van der Waals surface area contributed by atoms with Gasteiger partial charge in [0.1, 0.15) is 0 Å². The molecule has 0 radical (unpaired) electrons. The Kier molecular flexibility index (Phi) is 3.96. The van der Waals surface area contributed by atoms with Crippen LogP contribution in [-0.2, 0) is 9.59 Å². The van der Waals surface area contributed by atoms with Crippen LogP contribution in [0.4, 0.5) is 5.69 Å². The van der Waals surface area contributed by atoms with E-state index in [0.717, 1.165) is 25.9 Å². The normalized spacial score (nSPS) is 19.9. The number of piperidine rings is 1. The highest BCUT2D eigenvalue weighted by atomic mass is 16.2. The molecular formula is C17H20N2O3. The Hall–Kier alpha value is -2.17. The van der Waals surface area contributed by atoms with Crippen molar-refractivity contribution < 1.29 is 14.4 Å². The van der Waals surface area contributed by atoms with Gasteiger partial charge in [-0.3, -0.25) is 19.3 Å².